The molecule has 0 bridgehead atoms. The summed E-state index contributed by atoms with van der Waals surface area (Å²) in [5.41, 5.74) is 5.49. The molecule has 5 nitrogen and oxygen atoms in total. The number of amidine groups is 1. The summed E-state index contributed by atoms with van der Waals surface area (Å²) >= 11 is 0. The number of rotatable bonds is 8. The Hall–Kier alpha value is -0.810. The quantitative estimate of drug-likeness (QED) is 0.185. The molecule has 16 heavy (non-hydrogen) atoms. The van der Waals surface area contributed by atoms with Crippen molar-refractivity contribution < 1.29 is 5.21 Å². The average molecular weight is 228 g/mol. The van der Waals surface area contributed by atoms with Gasteiger partial charge in [-0.05, 0) is 19.4 Å². The van der Waals surface area contributed by atoms with Crippen LogP contribution in [0.4, 0.5) is 0 Å². The molecule has 1 aliphatic rings. The van der Waals surface area contributed by atoms with Gasteiger partial charge in [-0.2, -0.15) is 0 Å². The van der Waals surface area contributed by atoms with Crippen molar-refractivity contribution in [1.29, 1.82) is 0 Å². The van der Waals surface area contributed by atoms with E-state index in [0.717, 1.165) is 32.2 Å². The summed E-state index contributed by atoms with van der Waals surface area (Å²) in [5.74, 6) is 0.378. The van der Waals surface area contributed by atoms with E-state index in [4.69, 9.17) is 10.9 Å². The Labute approximate surface area is 97.7 Å². The molecule has 0 aliphatic heterocycles. The summed E-state index contributed by atoms with van der Waals surface area (Å²) in [6.45, 7) is 8.09. The van der Waals surface area contributed by atoms with E-state index in [1.54, 1.807) is 0 Å². The van der Waals surface area contributed by atoms with Gasteiger partial charge < -0.3 is 16.3 Å². The first-order valence-corrected chi connectivity index (χ1v) is 6.11. The number of likely N-dealkylation sites (N-methyl/N-ethyl adjacent to an activating group) is 1. The molecule has 5 heteroatoms. The van der Waals surface area contributed by atoms with Crippen LogP contribution >= 0.6 is 0 Å². The smallest absolute Gasteiger partial charge is 0.143 e. The molecule has 0 radical (unpaired) electrons. The molecule has 1 saturated carbocycles. The van der Waals surface area contributed by atoms with Crippen LogP contribution in [-0.4, -0.2) is 48.2 Å². The highest BCUT2D eigenvalue weighted by atomic mass is 16.4. The van der Waals surface area contributed by atoms with Gasteiger partial charge in [0.25, 0.3) is 0 Å². The summed E-state index contributed by atoms with van der Waals surface area (Å²) in [6, 6.07) is 0.827. The Morgan fingerprint density at radius 2 is 2.31 bits per heavy atom. The summed E-state index contributed by atoms with van der Waals surface area (Å²) < 4.78 is 0. The molecule has 0 amide bonds. The van der Waals surface area contributed by atoms with Crippen LogP contribution in [0.25, 0.3) is 0 Å². The highest BCUT2D eigenvalue weighted by Crippen LogP contribution is 2.25. The fourth-order valence-electron chi connectivity index (χ4n) is 1.78. The van der Waals surface area contributed by atoms with E-state index in [9.17, 15) is 0 Å². The van der Waals surface area contributed by atoms with Crippen LogP contribution in [0.3, 0.4) is 0 Å². The zero-order valence-electron chi connectivity index (χ0n) is 10.3. The highest BCUT2D eigenvalue weighted by Gasteiger charge is 2.26. The Morgan fingerprint density at radius 1 is 1.62 bits per heavy atom. The lowest BCUT2D eigenvalue weighted by Gasteiger charge is -2.20. The van der Waals surface area contributed by atoms with Crippen molar-refractivity contribution in [2.75, 3.05) is 26.2 Å². The van der Waals surface area contributed by atoms with Crippen molar-refractivity contribution in [3.63, 3.8) is 0 Å². The number of oxime groups is 1. The second kappa shape index (κ2) is 6.70. The normalized spacial score (nSPS) is 19.1. The van der Waals surface area contributed by atoms with E-state index in [0.29, 0.717) is 5.84 Å². The van der Waals surface area contributed by atoms with Crippen LogP contribution < -0.4 is 11.1 Å². The third-order valence-corrected chi connectivity index (χ3v) is 3.12. The minimum Gasteiger partial charge on any atom is -0.409 e. The van der Waals surface area contributed by atoms with Gasteiger partial charge in [-0.25, -0.2) is 0 Å². The molecule has 0 saturated heterocycles. The van der Waals surface area contributed by atoms with Gasteiger partial charge in [0.2, 0.25) is 0 Å². The first-order valence-electron chi connectivity index (χ1n) is 6.11. The lowest BCUT2D eigenvalue weighted by atomic mass is 10.1. The van der Waals surface area contributed by atoms with Crippen LogP contribution in [0.5, 0.6) is 0 Å². The first-order chi connectivity index (χ1) is 7.69. The summed E-state index contributed by atoms with van der Waals surface area (Å²) in [4.78, 5) is 2.50. The third kappa shape index (κ3) is 4.37. The Morgan fingerprint density at radius 3 is 2.81 bits per heavy atom. The van der Waals surface area contributed by atoms with E-state index in [1.807, 2.05) is 6.92 Å². The van der Waals surface area contributed by atoms with Crippen molar-refractivity contribution in [1.82, 2.24) is 10.2 Å². The van der Waals surface area contributed by atoms with Gasteiger partial charge in [0.15, 0.2) is 0 Å². The standard InChI is InChI=1S/C11H24N4O/c1-3-15(10-4-5-10)7-6-13-8-9(2)11(12)14-16/h9-10,13,16H,3-8H2,1-2H3,(H2,12,14). The molecule has 0 aromatic heterocycles. The van der Waals surface area contributed by atoms with Gasteiger partial charge in [0.05, 0.1) is 0 Å². The molecule has 1 rings (SSSR count). The van der Waals surface area contributed by atoms with Crippen molar-refractivity contribution >= 4 is 5.84 Å². The average Bonchev–Trinajstić information content (AvgIpc) is 3.11. The summed E-state index contributed by atoms with van der Waals surface area (Å²) in [6.07, 6.45) is 2.71. The van der Waals surface area contributed by atoms with Crippen LogP contribution in [0.2, 0.25) is 0 Å². The number of nitrogens with zero attached hydrogens (tertiary/aromatic N) is 2. The van der Waals surface area contributed by atoms with Crippen molar-refractivity contribution in [2.45, 2.75) is 32.7 Å². The van der Waals surface area contributed by atoms with Crippen LogP contribution in [0, 0.1) is 5.92 Å². The summed E-state index contributed by atoms with van der Waals surface area (Å²) in [7, 11) is 0. The number of nitrogens with one attached hydrogen (secondary N) is 1. The van der Waals surface area contributed by atoms with E-state index in [2.05, 4.69) is 22.3 Å². The maximum Gasteiger partial charge on any atom is 0.143 e. The molecule has 1 fully saturated rings. The van der Waals surface area contributed by atoms with Crippen molar-refractivity contribution in [2.24, 2.45) is 16.8 Å². The molecule has 0 heterocycles. The molecule has 0 spiro atoms. The molecular weight excluding hydrogens is 204 g/mol. The van der Waals surface area contributed by atoms with Crippen molar-refractivity contribution in [3.05, 3.63) is 0 Å². The fraction of sp³-hybridized carbons (Fsp3) is 0.909. The first kappa shape index (κ1) is 13.3. The topological polar surface area (TPSA) is 73.9 Å². The predicted octanol–water partition coefficient (Wildman–Crippen LogP) is 0.443. The molecular formula is C11H24N4O. The SMILES string of the molecule is CCN(CCNCC(C)C(N)=NO)C1CC1. The molecule has 94 valence electrons. The second-order valence-corrected chi connectivity index (χ2v) is 4.49. The molecule has 1 aliphatic carbocycles. The highest BCUT2D eigenvalue weighted by molar-refractivity contribution is 5.82. The second-order valence-electron chi connectivity index (χ2n) is 4.49. The number of hydrogen-bond acceptors (Lipinski definition) is 4. The Kier molecular flexibility index (Phi) is 5.55. The third-order valence-electron chi connectivity index (χ3n) is 3.12. The molecule has 0 aromatic rings. The lowest BCUT2D eigenvalue weighted by molar-refractivity contribution is 0.276. The Bertz CT molecular complexity index is 228. The Balaban J connectivity index is 2.06. The molecule has 1 unspecified atom stereocenters. The van der Waals surface area contributed by atoms with E-state index in [1.165, 1.54) is 12.8 Å². The number of hydrogen-bond donors (Lipinski definition) is 3. The molecule has 1 atom stereocenters. The van der Waals surface area contributed by atoms with E-state index in [-0.39, 0.29) is 5.92 Å². The monoisotopic (exact) mass is 228 g/mol. The van der Waals surface area contributed by atoms with Gasteiger partial charge in [-0.3, -0.25) is 4.90 Å². The van der Waals surface area contributed by atoms with Crippen molar-refractivity contribution in [3.8, 4) is 0 Å². The number of nitrogens with two attached hydrogens (primary N) is 1. The van der Waals surface area contributed by atoms with Gasteiger partial charge in [0, 0.05) is 31.6 Å². The van der Waals surface area contributed by atoms with Gasteiger partial charge >= 0.3 is 0 Å². The zero-order valence-corrected chi connectivity index (χ0v) is 10.3. The lowest BCUT2D eigenvalue weighted by Crippen LogP contribution is -2.37. The van der Waals surface area contributed by atoms with Crippen LogP contribution in [-0.2, 0) is 0 Å². The largest absolute Gasteiger partial charge is 0.409 e. The predicted molar refractivity (Wildman–Crippen MR) is 65.7 cm³/mol. The molecule has 4 N–H and O–H groups in total. The minimum atomic E-state index is 0.0843. The fourth-order valence-corrected chi connectivity index (χ4v) is 1.78. The minimum absolute atomic E-state index is 0.0843. The van der Waals surface area contributed by atoms with Crippen LogP contribution in [0.1, 0.15) is 26.7 Å². The van der Waals surface area contributed by atoms with Gasteiger partial charge in [-0.15, -0.1) is 0 Å². The maximum atomic E-state index is 8.50. The van der Waals surface area contributed by atoms with E-state index < -0.39 is 0 Å². The van der Waals surface area contributed by atoms with Crippen LogP contribution in [0.15, 0.2) is 5.16 Å². The molecule has 0 aromatic carbocycles. The van der Waals surface area contributed by atoms with Gasteiger partial charge in [-0.1, -0.05) is 19.0 Å². The maximum absolute atomic E-state index is 8.50. The summed E-state index contributed by atoms with van der Waals surface area (Å²) in [5, 5.41) is 14.8. The van der Waals surface area contributed by atoms with Gasteiger partial charge in [0.1, 0.15) is 5.84 Å². The van der Waals surface area contributed by atoms with E-state index >= 15 is 0 Å². The zero-order chi connectivity index (χ0) is 12.0.